The van der Waals surface area contributed by atoms with Crippen LogP contribution in [-0.4, -0.2) is 22.7 Å². The van der Waals surface area contributed by atoms with Gasteiger partial charge in [-0.1, -0.05) is 29.8 Å². The Balaban J connectivity index is 2.02. The molecule has 1 aliphatic rings. The van der Waals surface area contributed by atoms with Gasteiger partial charge in [0.15, 0.2) is 6.10 Å². The van der Waals surface area contributed by atoms with E-state index in [-0.39, 0.29) is 6.61 Å². The molecule has 0 fully saturated rings. The van der Waals surface area contributed by atoms with Gasteiger partial charge in [0.25, 0.3) is 0 Å². The molecule has 0 amide bonds. The number of rotatable bonds is 4. The summed E-state index contributed by atoms with van der Waals surface area (Å²) in [5, 5.41) is 11.9. The van der Waals surface area contributed by atoms with Gasteiger partial charge in [0, 0.05) is 16.6 Å². The minimum Gasteiger partial charge on any atom is -0.464 e. The van der Waals surface area contributed by atoms with Crippen molar-refractivity contribution < 1.29 is 14.6 Å². The molecule has 0 saturated carbocycles. The third-order valence-corrected chi connectivity index (χ3v) is 5.80. The van der Waals surface area contributed by atoms with Gasteiger partial charge in [-0.2, -0.15) is 0 Å². The average Bonchev–Trinajstić information content (AvgIpc) is 2.72. The summed E-state index contributed by atoms with van der Waals surface area (Å²) in [6, 6.07) is 12.6. The van der Waals surface area contributed by atoms with Gasteiger partial charge in [0.2, 0.25) is 0 Å². The number of hydrogen-bond donors (Lipinski definition) is 1. The number of ether oxygens (including phenoxy) is 1. The highest BCUT2D eigenvalue weighted by molar-refractivity contribution is 5.99. The Morgan fingerprint density at radius 3 is 2.41 bits per heavy atom. The number of aromatic nitrogens is 1. The maximum Gasteiger partial charge on any atom is 0.339 e. The number of aryl methyl sites for hydroxylation is 4. The first-order valence-electron chi connectivity index (χ1n) is 10.4. The zero-order valence-electron chi connectivity index (χ0n) is 17.3. The lowest BCUT2D eigenvalue weighted by atomic mass is 9.86. The second-order valence-electron chi connectivity index (χ2n) is 7.85. The minimum atomic E-state index is -1.36. The first-order valence-corrected chi connectivity index (χ1v) is 10.4. The normalized spacial score (nSPS) is 14.5. The molecule has 29 heavy (non-hydrogen) atoms. The fourth-order valence-corrected chi connectivity index (χ4v) is 4.34. The van der Waals surface area contributed by atoms with E-state index in [1.165, 1.54) is 24.0 Å². The predicted octanol–water partition coefficient (Wildman–Crippen LogP) is 4.99. The molecular weight excluding hydrogens is 362 g/mol. The first kappa shape index (κ1) is 19.6. The Bertz CT molecular complexity index is 1070. The van der Waals surface area contributed by atoms with Crippen molar-refractivity contribution in [2.45, 2.75) is 52.6 Å². The molecule has 0 saturated heterocycles. The Kier molecular flexibility index (Phi) is 5.37. The highest BCUT2D eigenvalue weighted by Gasteiger charge is 2.27. The van der Waals surface area contributed by atoms with Gasteiger partial charge in [-0.05, 0) is 80.8 Å². The molecule has 2 aromatic carbocycles. The topological polar surface area (TPSA) is 59.4 Å². The molecule has 3 aromatic rings. The molecule has 0 bridgehead atoms. The van der Waals surface area contributed by atoms with E-state index < -0.39 is 12.1 Å². The Labute approximate surface area is 171 Å². The number of benzene rings is 2. The molecule has 0 spiro atoms. The van der Waals surface area contributed by atoms with Crippen LogP contribution in [0.5, 0.6) is 0 Å². The quantitative estimate of drug-likeness (QED) is 0.639. The molecule has 150 valence electrons. The zero-order valence-corrected chi connectivity index (χ0v) is 17.3. The van der Waals surface area contributed by atoms with E-state index in [4.69, 9.17) is 9.72 Å². The summed E-state index contributed by atoms with van der Waals surface area (Å²) in [7, 11) is 0. The molecular formula is C25H27NO3. The van der Waals surface area contributed by atoms with E-state index in [9.17, 15) is 9.90 Å². The average molecular weight is 389 g/mol. The zero-order chi connectivity index (χ0) is 20.5. The summed E-state index contributed by atoms with van der Waals surface area (Å²) >= 11 is 0. The van der Waals surface area contributed by atoms with Crippen molar-refractivity contribution in [2.75, 3.05) is 6.61 Å². The summed E-state index contributed by atoms with van der Waals surface area (Å²) in [6.45, 7) is 5.87. The SMILES string of the molecule is CCOC(=O)C(O)c1c(C)nc2cc3c(cc2c1-c1ccc(C)cc1)CCCC3. The van der Waals surface area contributed by atoms with E-state index in [1.807, 2.05) is 26.0 Å². The van der Waals surface area contributed by atoms with Crippen LogP contribution >= 0.6 is 0 Å². The number of nitrogens with zero attached hydrogens (tertiary/aromatic N) is 1. The number of hydrogen-bond acceptors (Lipinski definition) is 4. The van der Waals surface area contributed by atoms with Crippen LogP contribution in [0.4, 0.5) is 0 Å². The standard InChI is InChI=1S/C25H27NO3/c1-4-29-25(28)24(27)22-16(3)26-21-14-19-8-6-5-7-18(19)13-20(21)23(22)17-11-9-15(2)10-12-17/h9-14,24,27H,4-8H2,1-3H3. The highest BCUT2D eigenvalue weighted by Crippen LogP contribution is 2.39. The van der Waals surface area contributed by atoms with Crippen molar-refractivity contribution in [3.63, 3.8) is 0 Å². The predicted molar refractivity (Wildman–Crippen MR) is 115 cm³/mol. The van der Waals surface area contributed by atoms with Crippen LogP contribution in [0.3, 0.4) is 0 Å². The summed E-state index contributed by atoms with van der Waals surface area (Å²) in [5.41, 5.74) is 7.83. The van der Waals surface area contributed by atoms with Crippen molar-refractivity contribution >= 4 is 16.9 Å². The fraction of sp³-hybridized carbons (Fsp3) is 0.360. The Morgan fingerprint density at radius 2 is 1.76 bits per heavy atom. The van der Waals surface area contributed by atoms with Crippen LogP contribution in [0.25, 0.3) is 22.0 Å². The van der Waals surface area contributed by atoms with Crippen molar-refractivity contribution in [1.29, 1.82) is 0 Å². The number of carbonyl (C=O) groups is 1. The number of pyridine rings is 1. The molecule has 1 atom stereocenters. The van der Waals surface area contributed by atoms with Crippen LogP contribution in [0.15, 0.2) is 36.4 Å². The van der Waals surface area contributed by atoms with Crippen molar-refractivity contribution in [3.05, 3.63) is 64.3 Å². The molecule has 1 aromatic heterocycles. The van der Waals surface area contributed by atoms with Crippen LogP contribution in [-0.2, 0) is 22.4 Å². The molecule has 0 radical (unpaired) electrons. The van der Waals surface area contributed by atoms with Crippen LogP contribution in [0, 0.1) is 13.8 Å². The van der Waals surface area contributed by atoms with Gasteiger partial charge < -0.3 is 9.84 Å². The van der Waals surface area contributed by atoms with E-state index in [2.05, 4.69) is 24.3 Å². The number of fused-ring (bicyclic) bond motifs is 2. The first-order chi connectivity index (χ1) is 14.0. The van der Waals surface area contributed by atoms with Crippen molar-refractivity contribution in [2.24, 2.45) is 0 Å². The maximum atomic E-state index is 12.4. The van der Waals surface area contributed by atoms with Gasteiger partial charge in [-0.3, -0.25) is 4.98 Å². The van der Waals surface area contributed by atoms with E-state index in [0.29, 0.717) is 11.3 Å². The number of aliphatic hydroxyl groups is 1. The van der Waals surface area contributed by atoms with Gasteiger partial charge in [0.1, 0.15) is 0 Å². The summed E-state index contributed by atoms with van der Waals surface area (Å²) < 4.78 is 5.11. The van der Waals surface area contributed by atoms with Crippen LogP contribution in [0.2, 0.25) is 0 Å². The Morgan fingerprint density at radius 1 is 1.10 bits per heavy atom. The minimum absolute atomic E-state index is 0.226. The van der Waals surface area contributed by atoms with Gasteiger partial charge in [-0.25, -0.2) is 4.79 Å². The third kappa shape index (κ3) is 3.65. The number of carbonyl (C=O) groups excluding carboxylic acids is 1. The molecule has 4 rings (SSSR count). The molecule has 0 aliphatic heterocycles. The maximum absolute atomic E-state index is 12.4. The molecule has 1 heterocycles. The smallest absolute Gasteiger partial charge is 0.339 e. The highest BCUT2D eigenvalue weighted by atomic mass is 16.5. The fourth-order valence-electron chi connectivity index (χ4n) is 4.34. The summed E-state index contributed by atoms with van der Waals surface area (Å²) in [5.74, 6) is -0.636. The van der Waals surface area contributed by atoms with Crippen LogP contribution in [0.1, 0.15) is 53.8 Å². The lowest BCUT2D eigenvalue weighted by molar-refractivity contribution is -0.153. The second kappa shape index (κ2) is 7.96. The summed E-state index contributed by atoms with van der Waals surface area (Å²) in [6.07, 6.45) is 3.18. The van der Waals surface area contributed by atoms with E-state index in [0.717, 1.165) is 40.4 Å². The van der Waals surface area contributed by atoms with Crippen molar-refractivity contribution in [3.8, 4) is 11.1 Å². The lowest BCUT2D eigenvalue weighted by Crippen LogP contribution is -2.18. The largest absolute Gasteiger partial charge is 0.464 e. The molecule has 4 nitrogen and oxygen atoms in total. The Hall–Kier alpha value is -2.72. The van der Waals surface area contributed by atoms with E-state index in [1.54, 1.807) is 6.92 Å². The lowest BCUT2D eigenvalue weighted by Gasteiger charge is -2.22. The van der Waals surface area contributed by atoms with Crippen molar-refractivity contribution in [1.82, 2.24) is 4.98 Å². The third-order valence-electron chi connectivity index (χ3n) is 5.80. The van der Waals surface area contributed by atoms with Gasteiger partial charge in [0.05, 0.1) is 12.1 Å². The van der Waals surface area contributed by atoms with E-state index >= 15 is 0 Å². The van der Waals surface area contributed by atoms with Crippen LogP contribution < -0.4 is 0 Å². The van der Waals surface area contributed by atoms with Gasteiger partial charge >= 0.3 is 5.97 Å². The van der Waals surface area contributed by atoms with Gasteiger partial charge in [-0.15, -0.1) is 0 Å². The number of esters is 1. The monoisotopic (exact) mass is 389 g/mol. The molecule has 4 heteroatoms. The second-order valence-corrected chi connectivity index (χ2v) is 7.85. The molecule has 1 N–H and O–H groups in total. The number of aliphatic hydroxyl groups excluding tert-OH is 1. The molecule has 1 unspecified atom stereocenters. The molecule has 1 aliphatic carbocycles. The summed E-state index contributed by atoms with van der Waals surface area (Å²) in [4.78, 5) is 17.2.